The lowest BCUT2D eigenvalue weighted by Gasteiger charge is -2.47. The Bertz CT molecular complexity index is 2450. The van der Waals surface area contributed by atoms with Crippen molar-refractivity contribution in [3.63, 3.8) is 0 Å². The molecule has 1 saturated carbocycles. The molecule has 2 aliphatic heterocycles. The minimum absolute atomic E-state index is 0.0505. The van der Waals surface area contributed by atoms with Crippen LogP contribution < -0.4 is 25.0 Å². The minimum Gasteiger partial charge on any atom is -0.455 e. The number of anilines is 2. The number of nitrogens with one attached hydrogen (secondary N) is 4. The van der Waals surface area contributed by atoms with Crippen LogP contribution >= 0.6 is 35.3 Å². The maximum absolute atomic E-state index is 13.9. The highest BCUT2D eigenvalue weighted by Gasteiger charge is 2.41. The molecule has 0 radical (unpaired) electrons. The van der Waals surface area contributed by atoms with Gasteiger partial charge in [-0.05, 0) is 140 Å². The summed E-state index contributed by atoms with van der Waals surface area (Å²) in [7, 11) is 0. The van der Waals surface area contributed by atoms with Gasteiger partial charge in [0.25, 0.3) is 5.91 Å². The number of ether oxygens (including phenoxy) is 1. The van der Waals surface area contributed by atoms with Gasteiger partial charge in [-0.25, -0.2) is 4.98 Å². The molecule has 4 N–H and O–H groups in total. The summed E-state index contributed by atoms with van der Waals surface area (Å²) < 4.78 is 50.5. The molecule has 2 aromatic heterocycles. The van der Waals surface area contributed by atoms with E-state index in [1.165, 1.54) is 42.9 Å². The topological polar surface area (TPSA) is 101 Å². The maximum atomic E-state index is 13.9. The molecule has 0 atom stereocenters. The number of rotatable bonds is 15. The molecular formula is C48H54ClF3N8O2S2. The zero-order valence-electron chi connectivity index (χ0n) is 35.7. The number of carbonyl (C=O) groups is 1. The normalized spacial score (nSPS) is 18.3. The number of carbonyl (C=O) groups excluding carboxylic acids is 1. The summed E-state index contributed by atoms with van der Waals surface area (Å²) in [6, 6.07) is 22.6. The molecule has 5 aromatic rings. The van der Waals surface area contributed by atoms with E-state index < -0.39 is 11.4 Å². The number of fused-ring (bicyclic) bond motifs is 1. The molecule has 2 aliphatic carbocycles. The highest BCUT2D eigenvalue weighted by Crippen LogP contribution is 2.55. The average molecular weight is 932 g/mol. The second-order valence-electron chi connectivity index (χ2n) is 17.4. The number of alkyl halides is 3. The van der Waals surface area contributed by atoms with Crippen LogP contribution in [0, 0.1) is 5.41 Å². The van der Waals surface area contributed by atoms with Crippen LogP contribution in [0.2, 0.25) is 5.02 Å². The zero-order chi connectivity index (χ0) is 44.1. The first-order valence-corrected chi connectivity index (χ1v) is 24.3. The molecule has 0 bridgehead atoms. The van der Waals surface area contributed by atoms with Crippen LogP contribution in [0.3, 0.4) is 0 Å². The SMILES string of the molecule is O=C(NSc1ccc(NCCCN2CCNCC2)c(SC(F)(F)F)c1)c1ccc(N2CCN(CC3=C(c4ccc(Cl)cc4)CC4(CCC4)CC3)CC2)cc1Oc1cnc2[nH]ccc2c1. The highest BCUT2D eigenvalue weighted by molar-refractivity contribution is 8.00. The third kappa shape index (κ3) is 11.2. The Kier molecular flexibility index (Phi) is 14.0. The summed E-state index contributed by atoms with van der Waals surface area (Å²) in [5.74, 6) is 0.392. The Labute approximate surface area is 386 Å². The van der Waals surface area contributed by atoms with Crippen LogP contribution in [0.25, 0.3) is 16.6 Å². The second kappa shape index (κ2) is 20.0. The molecule has 10 nitrogen and oxygen atoms in total. The van der Waals surface area contributed by atoms with E-state index >= 15 is 0 Å². The molecular weight excluding hydrogens is 877 g/mol. The van der Waals surface area contributed by atoms with E-state index in [0.29, 0.717) is 39.6 Å². The number of piperazine rings is 2. The van der Waals surface area contributed by atoms with Gasteiger partial charge in [0.2, 0.25) is 0 Å². The number of hydrogen-bond donors (Lipinski definition) is 4. The van der Waals surface area contributed by atoms with Crippen LogP contribution in [0.1, 0.15) is 60.9 Å². The molecule has 3 aromatic carbocycles. The molecule has 3 fully saturated rings. The number of halogens is 4. The molecule has 2 saturated heterocycles. The van der Waals surface area contributed by atoms with Crippen LogP contribution in [-0.4, -0.2) is 103 Å². The Hall–Kier alpha value is -4.38. The predicted octanol–water partition coefficient (Wildman–Crippen LogP) is 10.7. The summed E-state index contributed by atoms with van der Waals surface area (Å²) >= 11 is 7.10. The lowest BCUT2D eigenvalue weighted by atomic mass is 9.59. The van der Waals surface area contributed by atoms with E-state index in [2.05, 4.69) is 52.2 Å². The van der Waals surface area contributed by atoms with Gasteiger partial charge in [0, 0.05) is 109 Å². The smallest absolute Gasteiger partial charge is 0.446 e. The third-order valence-electron chi connectivity index (χ3n) is 13.1. The third-order valence-corrected chi connectivity index (χ3v) is 14.9. The van der Waals surface area contributed by atoms with Gasteiger partial charge in [-0.15, -0.1) is 0 Å². The Morgan fingerprint density at radius 2 is 1.73 bits per heavy atom. The monoisotopic (exact) mass is 930 g/mol. The fourth-order valence-electron chi connectivity index (χ4n) is 9.45. The van der Waals surface area contributed by atoms with Gasteiger partial charge >= 0.3 is 5.51 Å². The number of allylic oxidation sites excluding steroid dienone is 1. The van der Waals surface area contributed by atoms with Gasteiger partial charge in [0.1, 0.15) is 17.1 Å². The first-order chi connectivity index (χ1) is 31.0. The van der Waals surface area contributed by atoms with Crippen molar-refractivity contribution in [3.05, 3.63) is 107 Å². The first-order valence-electron chi connectivity index (χ1n) is 22.3. The number of nitrogens with zero attached hydrogens (tertiary/aromatic N) is 4. The molecule has 16 heteroatoms. The fraction of sp³-hybridized carbons (Fsp3) is 0.417. The molecule has 4 heterocycles. The van der Waals surface area contributed by atoms with Crippen molar-refractivity contribution in [3.8, 4) is 11.5 Å². The van der Waals surface area contributed by atoms with Crippen LogP contribution in [-0.2, 0) is 0 Å². The first kappa shape index (κ1) is 44.8. The van der Waals surface area contributed by atoms with Crippen LogP contribution in [0.15, 0.2) is 101 Å². The molecule has 4 aliphatic rings. The number of aromatic amines is 1. The van der Waals surface area contributed by atoms with Crippen molar-refractivity contribution in [1.29, 1.82) is 0 Å². The number of benzene rings is 3. The van der Waals surface area contributed by atoms with Crippen LogP contribution in [0.5, 0.6) is 11.5 Å². The van der Waals surface area contributed by atoms with E-state index in [9.17, 15) is 18.0 Å². The van der Waals surface area contributed by atoms with E-state index in [4.69, 9.17) is 16.3 Å². The Morgan fingerprint density at radius 1 is 0.922 bits per heavy atom. The number of aromatic nitrogens is 2. The second-order valence-corrected chi connectivity index (χ2v) is 19.8. The van der Waals surface area contributed by atoms with E-state index in [1.807, 2.05) is 42.6 Å². The summed E-state index contributed by atoms with van der Waals surface area (Å²) in [5, 5.41) is 8.17. The summed E-state index contributed by atoms with van der Waals surface area (Å²) in [4.78, 5) is 29.3. The van der Waals surface area contributed by atoms with Crippen molar-refractivity contribution in [1.82, 2.24) is 29.8 Å². The Morgan fingerprint density at radius 3 is 2.50 bits per heavy atom. The van der Waals surface area contributed by atoms with Gasteiger partial charge in [-0.2, -0.15) is 13.2 Å². The summed E-state index contributed by atoms with van der Waals surface area (Å²) in [6.45, 7) is 9.61. The lowest BCUT2D eigenvalue weighted by molar-refractivity contribution is -0.0328. The van der Waals surface area contributed by atoms with E-state index in [-0.39, 0.29) is 16.7 Å². The van der Waals surface area contributed by atoms with Crippen molar-refractivity contribution in [2.45, 2.75) is 60.2 Å². The molecule has 9 rings (SSSR count). The molecule has 1 spiro atoms. The number of pyridine rings is 1. The predicted molar refractivity (Wildman–Crippen MR) is 254 cm³/mol. The molecule has 1 amide bonds. The van der Waals surface area contributed by atoms with Gasteiger partial charge in [0.05, 0.1) is 11.8 Å². The van der Waals surface area contributed by atoms with E-state index in [0.717, 1.165) is 118 Å². The number of amides is 1. The molecule has 64 heavy (non-hydrogen) atoms. The zero-order valence-corrected chi connectivity index (χ0v) is 38.1. The largest absolute Gasteiger partial charge is 0.455 e. The molecule has 338 valence electrons. The quantitative estimate of drug-likeness (QED) is 0.0461. The van der Waals surface area contributed by atoms with Crippen molar-refractivity contribution in [2.24, 2.45) is 5.41 Å². The maximum Gasteiger partial charge on any atom is 0.446 e. The van der Waals surface area contributed by atoms with Gasteiger partial charge in [-0.3, -0.25) is 14.4 Å². The standard InChI is InChI=1S/C48H54ClF3N8O2S2/c49-36-5-3-33(4-6-36)41-30-47(13-1-14-47)15-11-35(41)32-59-23-25-60(26-24-59)37-7-9-40(43(28-37)62-38-27-34-12-17-55-45(34)56-31-38)46(61)57-64-39-8-10-42(44(29-39)63-48(50,51)52)54-16-2-20-58-21-18-53-19-22-58/h3-10,12,17,27-29,31,53-54H,1-2,11,13-16,18-26,30,32H2,(H,55,56)(H,57,61). The fourth-order valence-corrected chi connectivity index (χ4v) is 11.0. The minimum atomic E-state index is -4.48. The van der Waals surface area contributed by atoms with Crippen molar-refractivity contribution >= 4 is 69.2 Å². The summed E-state index contributed by atoms with van der Waals surface area (Å²) in [6.07, 6.45) is 11.8. The molecule has 0 unspecified atom stereocenters. The van der Waals surface area contributed by atoms with Crippen molar-refractivity contribution < 1.29 is 22.7 Å². The van der Waals surface area contributed by atoms with Crippen LogP contribution in [0.4, 0.5) is 24.5 Å². The number of H-pyrrole nitrogens is 1. The van der Waals surface area contributed by atoms with Gasteiger partial charge < -0.3 is 30.2 Å². The number of thioether (sulfide) groups is 1. The average Bonchev–Trinajstić information content (AvgIpc) is 3.76. The Balaban J connectivity index is 0.880. The summed E-state index contributed by atoms with van der Waals surface area (Å²) in [5.41, 5.74) is 2.70. The van der Waals surface area contributed by atoms with Gasteiger partial charge in [0.15, 0.2) is 0 Å². The highest BCUT2D eigenvalue weighted by atomic mass is 35.5. The van der Waals surface area contributed by atoms with Gasteiger partial charge in [-0.1, -0.05) is 35.7 Å². The van der Waals surface area contributed by atoms with E-state index in [1.54, 1.807) is 30.0 Å². The lowest BCUT2D eigenvalue weighted by Crippen LogP contribution is -2.47. The van der Waals surface area contributed by atoms with Crippen molar-refractivity contribution in [2.75, 3.05) is 82.2 Å². The number of hydrogen-bond acceptors (Lipinski definition) is 10.